The zero-order valence-corrected chi connectivity index (χ0v) is 21.3. The van der Waals surface area contributed by atoms with E-state index in [0.29, 0.717) is 11.3 Å². The standard InChI is InChI=1S/C30H30N2O7/c1-2-16-38-29(35)31-15-17-37-21-13-11-20(12-14-21)18-27(28(33)34)32-30(36)39-19-26-24-9-5-3-7-22(24)23-8-4-6-10-25(23)26/h2-14,26-27H,1,15-19H2,(H,31,35)(H,32,36)(H,33,34). The summed E-state index contributed by atoms with van der Waals surface area (Å²) in [6.45, 7) is 4.17. The molecular weight excluding hydrogens is 500 g/mol. The first kappa shape index (κ1) is 27.3. The van der Waals surface area contributed by atoms with Gasteiger partial charge in [0, 0.05) is 12.3 Å². The first-order valence-electron chi connectivity index (χ1n) is 12.5. The second-order valence-electron chi connectivity index (χ2n) is 8.87. The van der Waals surface area contributed by atoms with Crippen LogP contribution in [0.4, 0.5) is 9.59 Å². The molecule has 1 aliphatic carbocycles. The number of carbonyl (C=O) groups is 3. The van der Waals surface area contributed by atoms with Gasteiger partial charge in [0.1, 0.15) is 31.6 Å². The Morgan fingerprint density at radius 3 is 2.15 bits per heavy atom. The molecule has 0 heterocycles. The molecule has 0 aromatic heterocycles. The number of carboxylic acid groups (broad SMARTS) is 1. The summed E-state index contributed by atoms with van der Waals surface area (Å²) < 4.78 is 15.9. The van der Waals surface area contributed by atoms with Gasteiger partial charge < -0.3 is 30.0 Å². The maximum absolute atomic E-state index is 12.6. The number of ether oxygens (including phenoxy) is 3. The van der Waals surface area contributed by atoms with Crippen molar-refractivity contribution in [2.24, 2.45) is 0 Å². The zero-order chi connectivity index (χ0) is 27.6. The molecular formula is C30H30N2O7. The SMILES string of the molecule is C=CCOC(=O)NCCOc1ccc(CC(NC(=O)OCC2c3ccccc3-c3ccccc32)C(=O)O)cc1. The quantitative estimate of drug-likeness (QED) is 0.233. The van der Waals surface area contributed by atoms with E-state index in [1.54, 1.807) is 24.3 Å². The fraction of sp³-hybridized carbons (Fsp3) is 0.233. The number of hydrogen-bond donors (Lipinski definition) is 3. The van der Waals surface area contributed by atoms with Gasteiger partial charge in [0.15, 0.2) is 0 Å². The number of alkyl carbamates (subject to hydrolysis) is 2. The van der Waals surface area contributed by atoms with Gasteiger partial charge in [-0.05, 0) is 39.9 Å². The van der Waals surface area contributed by atoms with Crippen molar-refractivity contribution in [1.82, 2.24) is 10.6 Å². The first-order chi connectivity index (χ1) is 19.0. The van der Waals surface area contributed by atoms with Crippen LogP contribution in [0.25, 0.3) is 11.1 Å². The summed E-state index contributed by atoms with van der Waals surface area (Å²) in [4.78, 5) is 35.8. The number of carbonyl (C=O) groups excluding carboxylic acids is 2. The molecule has 0 fully saturated rings. The number of amides is 2. The minimum Gasteiger partial charge on any atom is -0.492 e. The average Bonchev–Trinajstić information content (AvgIpc) is 3.27. The van der Waals surface area contributed by atoms with Gasteiger partial charge in [-0.2, -0.15) is 0 Å². The Bertz CT molecular complexity index is 1280. The zero-order valence-electron chi connectivity index (χ0n) is 21.3. The number of carboxylic acids is 1. The van der Waals surface area contributed by atoms with Crippen molar-refractivity contribution in [3.8, 4) is 16.9 Å². The van der Waals surface area contributed by atoms with Crippen LogP contribution in [-0.4, -0.2) is 55.7 Å². The van der Waals surface area contributed by atoms with E-state index in [9.17, 15) is 19.5 Å². The van der Waals surface area contributed by atoms with Crippen LogP contribution in [0.2, 0.25) is 0 Å². The highest BCUT2D eigenvalue weighted by atomic mass is 16.6. The molecule has 1 atom stereocenters. The van der Waals surface area contributed by atoms with Gasteiger partial charge in [-0.3, -0.25) is 0 Å². The maximum Gasteiger partial charge on any atom is 0.407 e. The fourth-order valence-electron chi connectivity index (χ4n) is 4.45. The third kappa shape index (κ3) is 7.16. The number of aliphatic carboxylic acids is 1. The lowest BCUT2D eigenvalue weighted by Gasteiger charge is -2.17. The van der Waals surface area contributed by atoms with Crippen molar-refractivity contribution < 1.29 is 33.7 Å². The Morgan fingerprint density at radius 1 is 0.897 bits per heavy atom. The van der Waals surface area contributed by atoms with Crippen LogP contribution in [0.5, 0.6) is 5.75 Å². The minimum atomic E-state index is -1.17. The summed E-state index contributed by atoms with van der Waals surface area (Å²) in [6, 6.07) is 21.6. The fourth-order valence-corrected chi connectivity index (χ4v) is 4.45. The normalized spacial score (nSPS) is 12.4. The largest absolute Gasteiger partial charge is 0.492 e. The summed E-state index contributed by atoms with van der Waals surface area (Å²) in [5, 5.41) is 14.7. The number of benzene rings is 3. The predicted molar refractivity (Wildman–Crippen MR) is 145 cm³/mol. The first-order valence-corrected chi connectivity index (χ1v) is 12.5. The predicted octanol–water partition coefficient (Wildman–Crippen LogP) is 4.51. The molecule has 1 aliphatic rings. The molecule has 0 radical (unpaired) electrons. The Hall–Kier alpha value is -4.79. The molecule has 0 saturated heterocycles. The van der Waals surface area contributed by atoms with Crippen LogP contribution in [0, 0.1) is 0 Å². The molecule has 0 bridgehead atoms. The van der Waals surface area contributed by atoms with Crippen LogP contribution in [-0.2, 0) is 20.7 Å². The lowest BCUT2D eigenvalue weighted by atomic mass is 9.98. The lowest BCUT2D eigenvalue weighted by molar-refractivity contribution is -0.139. The van der Waals surface area contributed by atoms with Crippen molar-refractivity contribution in [2.75, 3.05) is 26.4 Å². The number of hydrogen-bond acceptors (Lipinski definition) is 6. The Kier molecular flexibility index (Phi) is 9.18. The molecule has 0 saturated carbocycles. The van der Waals surface area contributed by atoms with Gasteiger partial charge in [-0.15, -0.1) is 0 Å². The van der Waals surface area contributed by atoms with Crippen molar-refractivity contribution in [1.29, 1.82) is 0 Å². The van der Waals surface area contributed by atoms with Crippen LogP contribution >= 0.6 is 0 Å². The molecule has 39 heavy (non-hydrogen) atoms. The van der Waals surface area contributed by atoms with Gasteiger partial charge in [0.25, 0.3) is 0 Å². The van der Waals surface area contributed by atoms with E-state index in [2.05, 4.69) is 17.2 Å². The van der Waals surface area contributed by atoms with Crippen molar-refractivity contribution in [3.63, 3.8) is 0 Å². The van der Waals surface area contributed by atoms with E-state index in [1.807, 2.05) is 48.5 Å². The van der Waals surface area contributed by atoms with Gasteiger partial charge in [-0.1, -0.05) is 73.3 Å². The van der Waals surface area contributed by atoms with Gasteiger partial charge in [0.05, 0.1) is 6.54 Å². The highest BCUT2D eigenvalue weighted by molar-refractivity contribution is 5.81. The summed E-state index contributed by atoms with van der Waals surface area (Å²) >= 11 is 0. The van der Waals surface area contributed by atoms with E-state index < -0.39 is 24.2 Å². The molecule has 0 spiro atoms. The van der Waals surface area contributed by atoms with E-state index in [1.165, 1.54) is 6.08 Å². The topological polar surface area (TPSA) is 123 Å². The van der Waals surface area contributed by atoms with E-state index >= 15 is 0 Å². The van der Waals surface area contributed by atoms with Gasteiger partial charge in [-0.25, -0.2) is 14.4 Å². The highest BCUT2D eigenvalue weighted by Crippen LogP contribution is 2.44. The molecule has 3 aromatic carbocycles. The molecule has 202 valence electrons. The van der Waals surface area contributed by atoms with E-state index in [0.717, 1.165) is 22.3 Å². The molecule has 3 N–H and O–H groups in total. The number of nitrogens with one attached hydrogen (secondary N) is 2. The van der Waals surface area contributed by atoms with Crippen molar-refractivity contribution in [3.05, 3.63) is 102 Å². The van der Waals surface area contributed by atoms with Crippen molar-refractivity contribution >= 4 is 18.2 Å². The Labute approximate surface area is 226 Å². The summed E-state index contributed by atoms with van der Waals surface area (Å²) in [5.74, 6) is -0.735. The number of rotatable bonds is 12. The van der Waals surface area contributed by atoms with Crippen LogP contribution in [0.3, 0.4) is 0 Å². The second kappa shape index (κ2) is 13.1. The van der Waals surface area contributed by atoms with Gasteiger partial charge >= 0.3 is 18.2 Å². The van der Waals surface area contributed by atoms with Gasteiger partial charge in [0.2, 0.25) is 0 Å². The van der Waals surface area contributed by atoms with Crippen molar-refractivity contribution in [2.45, 2.75) is 18.4 Å². The summed E-state index contributed by atoms with van der Waals surface area (Å²) in [5.41, 5.74) is 5.07. The third-order valence-corrected chi connectivity index (χ3v) is 6.27. The maximum atomic E-state index is 12.6. The monoisotopic (exact) mass is 530 g/mol. The molecule has 0 aliphatic heterocycles. The minimum absolute atomic E-state index is 0.0660. The molecule has 9 heteroatoms. The molecule has 3 aromatic rings. The molecule has 1 unspecified atom stereocenters. The van der Waals surface area contributed by atoms with Crippen LogP contribution in [0.1, 0.15) is 22.6 Å². The summed E-state index contributed by atoms with van der Waals surface area (Å²) in [7, 11) is 0. The average molecular weight is 531 g/mol. The third-order valence-electron chi connectivity index (χ3n) is 6.27. The molecule has 4 rings (SSSR count). The number of fused-ring (bicyclic) bond motifs is 3. The Balaban J connectivity index is 1.26. The van der Waals surface area contributed by atoms with E-state index in [4.69, 9.17) is 14.2 Å². The highest BCUT2D eigenvalue weighted by Gasteiger charge is 2.29. The van der Waals surface area contributed by atoms with Crippen LogP contribution < -0.4 is 15.4 Å². The smallest absolute Gasteiger partial charge is 0.407 e. The lowest BCUT2D eigenvalue weighted by Crippen LogP contribution is -2.42. The second-order valence-corrected chi connectivity index (χ2v) is 8.87. The molecule has 2 amide bonds. The Morgan fingerprint density at radius 2 is 1.54 bits per heavy atom. The summed E-state index contributed by atoms with van der Waals surface area (Å²) in [6.07, 6.45) is 0.192. The van der Waals surface area contributed by atoms with Crippen LogP contribution in [0.15, 0.2) is 85.5 Å². The molecule has 9 nitrogen and oxygen atoms in total. The van der Waals surface area contributed by atoms with E-state index in [-0.39, 0.29) is 38.7 Å².